The van der Waals surface area contributed by atoms with Crippen LogP contribution in [-0.4, -0.2) is 59.6 Å². The van der Waals surface area contributed by atoms with Crippen LogP contribution in [0.1, 0.15) is 73.4 Å². The molecule has 2 aromatic rings. The molecule has 3 saturated carbocycles. The van der Waals surface area contributed by atoms with Gasteiger partial charge in [-0.1, -0.05) is 17.7 Å². The molecule has 4 fully saturated rings. The summed E-state index contributed by atoms with van der Waals surface area (Å²) >= 11 is 0. The highest BCUT2D eigenvalue weighted by atomic mass is 19.4. The summed E-state index contributed by atoms with van der Waals surface area (Å²) in [6.45, 7) is 3.76. The number of hydrogen-bond donors (Lipinski definition) is 3. The lowest BCUT2D eigenvalue weighted by atomic mass is 9.83. The fraction of sp³-hybridized carbons (Fsp3) is 0.514. The third-order valence-electron chi connectivity index (χ3n) is 10.0. The average molecular weight is 658 g/mol. The molecular formula is C35H39F4N3O5. The average Bonchev–Trinajstić information content (AvgIpc) is 3.43. The van der Waals surface area contributed by atoms with Gasteiger partial charge >= 0.3 is 6.18 Å². The lowest BCUT2D eigenvalue weighted by Crippen LogP contribution is -2.48. The molecule has 8 nitrogen and oxygen atoms in total. The van der Waals surface area contributed by atoms with E-state index in [9.17, 15) is 37.1 Å². The predicted octanol–water partition coefficient (Wildman–Crippen LogP) is 5.67. The number of alkyl halides is 3. The fourth-order valence-corrected chi connectivity index (χ4v) is 7.60. The molecule has 47 heavy (non-hydrogen) atoms. The van der Waals surface area contributed by atoms with Crippen molar-refractivity contribution in [1.82, 2.24) is 10.2 Å². The van der Waals surface area contributed by atoms with Crippen LogP contribution < -0.4 is 15.4 Å². The molecule has 3 aliphatic carbocycles. The molecular weight excluding hydrogens is 618 g/mol. The standard InChI is InChI=1S/C35H39F4N3O5/c1-34(2,46)33(45)42-13-12-20(17-42)19-6-11-28(47-3)25(15-19)31(43)41-30-23-9-8-22(24(23)14-18-4-5-18)29(30)32(44)40-21-7-10-27(36)26(16-21)35(37,38)39/h6-7,10-11,14-16,18,20,22-23,29-30,46H,4-5,8-9,12-13,17H2,1-3H3,(H,40,44)(H,41,43)/b24-14-/t20?,22-,23+,29-,30+/m0/s1. The second kappa shape index (κ2) is 12.3. The van der Waals surface area contributed by atoms with Gasteiger partial charge in [0.15, 0.2) is 0 Å². The van der Waals surface area contributed by atoms with Crippen LogP contribution in [0.25, 0.3) is 0 Å². The van der Waals surface area contributed by atoms with E-state index in [-0.39, 0.29) is 34.9 Å². The molecule has 0 spiro atoms. The molecule has 6 rings (SSSR count). The van der Waals surface area contributed by atoms with E-state index in [0.717, 1.165) is 36.5 Å². The number of fused-ring (bicyclic) bond motifs is 2. The number of carbonyl (C=O) groups is 3. The number of ether oxygens (including phenoxy) is 1. The first kappa shape index (κ1) is 33.0. The SMILES string of the molecule is COc1ccc(C2CCN(C(=O)C(C)(C)O)C2)cc1C(=O)N[C@H]1[C@@H](C(=O)Nc2ccc(F)c(C(F)(F)F)c2)[C@H]2CC[C@@H]1/C2=C\C1CC1. The van der Waals surface area contributed by atoms with E-state index in [1.807, 2.05) is 6.07 Å². The van der Waals surface area contributed by atoms with Crippen LogP contribution in [-0.2, 0) is 15.8 Å². The quantitative estimate of drug-likeness (QED) is 0.251. The summed E-state index contributed by atoms with van der Waals surface area (Å²) in [5.41, 5.74) is -0.934. The van der Waals surface area contributed by atoms with Gasteiger partial charge in [-0.25, -0.2) is 4.39 Å². The molecule has 1 unspecified atom stereocenters. The Balaban J connectivity index is 1.25. The minimum atomic E-state index is -4.93. The lowest BCUT2D eigenvalue weighted by molar-refractivity contribution is -0.146. The Kier molecular flexibility index (Phi) is 8.61. The zero-order chi connectivity index (χ0) is 33.8. The molecule has 3 N–H and O–H groups in total. The Hall–Kier alpha value is -3.93. The Morgan fingerprint density at radius 2 is 1.72 bits per heavy atom. The number of nitrogens with zero attached hydrogens (tertiary/aromatic N) is 1. The number of rotatable bonds is 8. The summed E-state index contributed by atoms with van der Waals surface area (Å²) in [7, 11) is 1.45. The molecule has 2 bridgehead atoms. The van der Waals surface area contributed by atoms with Gasteiger partial charge in [0.2, 0.25) is 5.91 Å². The largest absolute Gasteiger partial charge is 0.496 e. The van der Waals surface area contributed by atoms with Crippen LogP contribution in [0.3, 0.4) is 0 Å². The Morgan fingerprint density at radius 1 is 1.00 bits per heavy atom. The van der Waals surface area contributed by atoms with Gasteiger partial charge in [-0.15, -0.1) is 0 Å². The number of likely N-dealkylation sites (tertiary alicyclic amines) is 1. The summed E-state index contributed by atoms with van der Waals surface area (Å²) in [6.07, 6.45) is 1.51. The van der Waals surface area contributed by atoms with Crippen LogP contribution in [0.15, 0.2) is 48.0 Å². The number of allylic oxidation sites excluding steroid dienone is 1. The zero-order valence-corrected chi connectivity index (χ0v) is 26.5. The first-order valence-electron chi connectivity index (χ1n) is 16.1. The molecule has 1 heterocycles. The number of benzene rings is 2. The summed E-state index contributed by atoms with van der Waals surface area (Å²) in [5, 5.41) is 15.9. The first-order chi connectivity index (χ1) is 22.2. The Bertz CT molecular complexity index is 1610. The van der Waals surface area contributed by atoms with Crippen molar-refractivity contribution >= 4 is 23.4 Å². The third kappa shape index (κ3) is 6.61. The Morgan fingerprint density at radius 3 is 2.38 bits per heavy atom. The van der Waals surface area contributed by atoms with Crippen LogP contribution in [0.5, 0.6) is 5.75 Å². The van der Waals surface area contributed by atoms with E-state index in [1.54, 1.807) is 17.0 Å². The second-order valence-electron chi connectivity index (χ2n) is 13.8. The highest BCUT2D eigenvalue weighted by molar-refractivity contribution is 5.99. The molecule has 3 amide bonds. The number of carbonyl (C=O) groups excluding carboxylic acids is 3. The summed E-state index contributed by atoms with van der Waals surface area (Å²) in [4.78, 5) is 42.0. The van der Waals surface area contributed by atoms with Gasteiger partial charge < -0.3 is 25.4 Å². The molecule has 12 heteroatoms. The number of amides is 3. The van der Waals surface area contributed by atoms with Crippen molar-refractivity contribution < 1.29 is 41.8 Å². The molecule has 252 valence electrons. The van der Waals surface area contributed by atoms with Crippen molar-refractivity contribution in [3.8, 4) is 5.75 Å². The summed E-state index contributed by atoms with van der Waals surface area (Å²) in [6, 6.07) is 7.03. The van der Waals surface area contributed by atoms with E-state index in [2.05, 4.69) is 16.7 Å². The molecule has 5 atom stereocenters. The van der Waals surface area contributed by atoms with Crippen LogP contribution >= 0.6 is 0 Å². The summed E-state index contributed by atoms with van der Waals surface area (Å²) < 4.78 is 59.6. The molecule has 0 radical (unpaired) electrons. The Labute approximate surface area is 270 Å². The minimum absolute atomic E-state index is 0.0647. The van der Waals surface area contributed by atoms with E-state index in [1.165, 1.54) is 21.0 Å². The zero-order valence-electron chi connectivity index (χ0n) is 26.5. The van der Waals surface area contributed by atoms with Gasteiger partial charge in [0.25, 0.3) is 11.8 Å². The normalized spacial score (nSPS) is 26.5. The number of halogens is 4. The van der Waals surface area contributed by atoms with Gasteiger partial charge in [0.05, 0.1) is 24.2 Å². The van der Waals surface area contributed by atoms with Crippen LogP contribution in [0.2, 0.25) is 0 Å². The topological polar surface area (TPSA) is 108 Å². The number of methoxy groups -OCH3 is 1. The maximum absolute atomic E-state index is 14.0. The van der Waals surface area contributed by atoms with Crippen molar-refractivity contribution in [1.29, 1.82) is 0 Å². The van der Waals surface area contributed by atoms with E-state index >= 15 is 0 Å². The maximum Gasteiger partial charge on any atom is 0.419 e. The van der Waals surface area contributed by atoms with Gasteiger partial charge in [0, 0.05) is 36.7 Å². The fourth-order valence-electron chi connectivity index (χ4n) is 7.60. The van der Waals surface area contributed by atoms with Crippen molar-refractivity contribution in [3.05, 3.63) is 70.6 Å². The van der Waals surface area contributed by atoms with Gasteiger partial charge in [-0.3, -0.25) is 14.4 Å². The molecule has 4 aliphatic rings. The van der Waals surface area contributed by atoms with Gasteiger partial charge in [-0.2, -0.15) is 13.2 Å². The monoisotopic (exact) mass is 657 g/mol. The molecule has 0 aromatic heterocycles. The van der Waals surface area contributed by atoms with Crippen molar-refractivity contribution in [2.75, 3.05) is 25.5 Å². The van der Waals surface area contributed by atoms with E-state index in [0.29, 0.717) is 49.7 Å². The number of aliphatic hydroxyl groups is 1. The van der Waals surface area contributed by atoms with Gasteiger partial charge in [0.1, 0.15) is 17.2 Å². The highest BCUT2D eigenvalue weighted by Gasteiger charge is 2.55. The van der Waals surface area contributed by atoms with Crippen molar-refractivity contribution in [2.24, 2.45) is 23.7 Å². The maximum atomic E-state index is 14.0. The molecule has 1 saturated heterocycles. The molecule has 2 aromatic carbocycles. The predicted molar refractivity (Wildman–Crippen MR) is 165 cm³/mol. The lowest BCUT2D eigenvalue weighted by Gasteiger charge is -2.30. The van der Waals surface area contributed by atoms with E-state index < -0.39 is 46.9 Å². The summed E-state index contributed by atoms with van der Waals surface area (Å²) in [5.74, 6) is -3.12. The van der Waals surface area contributed by atoms with Gasteiger partial charge in [-0.05, 0) is 93.7 Å². The highest BCUT2D eigenvalue weighted by Crippen LogP contribution is 2.54. The number of nitrogens with one attached hydrogen (secondary N) is 2. The first-order valence-corrected chi connectivity index (χ1v) is 16.1. The number of hydrogen-bond acceptors (Lipinski definition) is 5. The second-order valence-corrected chi connectivity index (χ2v) is 13.8. The van der Waals surface area contributed by atoms with Crippen molar-refractivity contribution in [3.63, 3.8) is 0 Å². The smallest absolute Gasteiger partial charge is 0.419 e. The van der Waals surface area contributed by atoms with Crippen molar-refractivity contribution in [2.45, 2.75) is 69.7 Å². The van der Waals surface area contributed by atoms with Crippen LogP contribution in [0.4, 0.5) is 23.2 Å². The van der Waals surface area contributed by atoms with Crippen LogP contribution in [0, 0.1) is 29.5 Å². The third-order valence-corrected chi connectivity index (χ3v) is 10.0. The minimum Gasteiger partial charge on any atom is -0.496 e. The number of anilines is 1. The molecule has 1 aliphatic heterocycles. The van der Waals surface area contributed by atoms with E-state index in [4.69, 9.17) is 4.74 Å².